The summed E-state index contributed by atoms with van der Waals surface area (Å²) in [5.74, 6) is -1.20. The minimum Gasteiger partial charge on any atom is -0.368 e. The summed E-state index contributed by atoms with van der Waals surface area (Å²) in [7, 11) is 0. The third-order valence-electron chi connectivity index (χ3n) is 3.47. The zero-order valence-corrected chi connectivity index (χ0v) is 11.0. The van der Waals surface area contributed by atoms with Crippen molar-refractivity contribution < 1.29 is 19.1 Å². The number of nitrogens with one attached hydrogen (secondary N) is 2. The standard InChI is InChI=1S/C12H19N3O4/c1-8-12(18)14-10(16)6-15(8)11(17)7-19-9-2-4-13-5-3-9/h8-9,13H,2-7H2,1H3,(H,14,16,18). The van der Waals surface area contributed by atoms with Crippen LogP contribution in [0.2, 0.25) is 0 Å². The van der Waals surface area contributed by atoms with Crippen molar-refractivity contribution in [2.45, 2.75) is 31.9 Å². The van der Waals surface area contributed by atoms with Gasteiger partial charge in [-0.2, -0.15) is 0 Å². The monoisotopic (exact) mass is 269 g/mol. The lowest BCUT2D eigenvalue weighted by Crippen LogP contribution is -2.59. The second-order valence-corrected chi connectivity index (χ2v) is 4.87. The maximum absolute atomic E-state index is 12.0. The minimum atomic E-state index is -0.623. The third-order valence-corrected chi connectivity index (χ3v) is 3.47. The van der Waals surface area contributed by atoms with Crippen LogP contribution in [-0.2, 0) is 19.1 Å². The number of imide groups is 1. The molecule has 3 amide bonds. The molecule has 2 aliphatic heterocycles. The van der Waals surface area contributed by atoms with Crippen LogP contribution in [0.25, 0.3) is 0 Å². The fraction of sp³-hybridized carbons (Fsp3) is 0.750. The van der Waals surface area contributed by atoms with Crippen molar-refractivity contribution in [3.8, 4) is 0 Å². The number of amides is 3. The van der Waals surface area contributed by atoms with Gasteiger partial charge in [-0.05, 0) is 32.9 Å². The molecule has 0 aromatic heterocycles. The zero-order valence-electron chi connectivity index (χ0n) is 11.0. The summed E-state index contributed by atoms with van der Waals surface area (Å²) in [4.78, 5) is 36.0. The van der Waals surface area contributed by atoms with Crippen LogP contribution >= 0.6 is 0 Å². The molecule has 0 spiro atoms. The topological polar surface area (TPSA) is 87.7 Å². The second kappa shape index (κ2) is 6.12. The van der Waals surface area contributed by atoms with Crippen LogP contribution in [-0.4, -0.2) is 61.0 Å². The molecule has 7 heteroatoms. The predicted octanol–water partition coefficient (Wildman–Crippen LogP) is -1.37. The molecule has 0 aromatic carbocycles. The molecule has 0 saturated carbocycles. The van der Waals surface area contributed by atoms with Gasteiger partial charge in [0.15, 0.2) is 0 Å². The summed E-state index contributed by atoms with van der Waals surface area (Å²) in [6, 6.07) is -0.623. The van der Waals surface area contributed by atoms with Gasteiger partial charge in [0.2, 0.25) is 17.7 Å². The first kappa shape index (κ1) is 14.0. The molecule has 0 radical (unpaired) electrons. The van der Waals surface area contributed by atoms with Gasteiger partial charge in [-0.3, -0.25) is 19.7 Å². The summed E-state index contributed by atoms with van der Waals surface area (Å²) >= 11 is 0. The molecule has 7 nitrogen and oxygen atoms in total. The first-order valence-corrected chi connectivity index (χ1v) is 6.53. The molecule has 106 valence electrons. The Morgan fingerprint density at radius 1 is 1.37 bits per heavy atom. The van der Waals surface area contributed by atoms with E-state index in [9.17, 15) is 14.4 Å². The molecule has 1 unspecified atom stereocenters. The molecule has 2 heterocycles. The van der Waals surface area contributed by atoms with Gasteiger partial charge in [0, 0.05) is 0 Å². The quantitative estimate of drug-likeness (QED) is 0.617. The molecule has 0 aromatic rings. The molecular weight excluding hydrogens is 250 g/mol. The molecule has 2 fully saturated rings. The highest BCUT2D eigenvalue weighted by Crippen LogP contribution is 2.09. The Labute approximate surface area is 111 Å². The van der Waals surface area contributed by atoms with Gasteiger partial charge in [0.1, 0.15) is 19.2 Å². The summed E-state index contributed by atoms with van der Waals surface area (Å²) in [6.45, 7) is 3.22. The SMILES string of the molecule is CC1C(=O)NC(=O)CN1C(=O)COC1CCNCC1. The lowest BCUT2D eigenvalue weighted by atomic mass is 10.1. The summed E-state index contributed by atoms with van der Waals surface area (Å²) in [5.41, 5.74) is 0. The molecule has 1 atom stereocenters. The van der Waals surface area contributed by atoms with Gasteiger partial charge in [-0.25, -0.2) is 0 Å². The summed E-state index contributed by atoms with van der Waals surface area (Å²) < 4.78 is 5.54. The second-order valence-electron chi connectivity index (χ2n) is 4.87. The maximum atomic E-state index is 12.0. The Morgan fingerprint density at radius 3 is 2.74 bits per heavy atom. The average molecular weight is 269 g/mol. The zero-order chi connectivity index (χ0) is 13.8. The largest absolute Gasteiger partial charge is 0.368 e. The van der Waals surface area contributed by atoms with Gasteiger partial charge in [0.25, 0.3) is 0 Å². The van der Waals surface area contributed by atoms with E-state index in [1.54, 1.807) is 6.92 Å². The molecule has 2 N–H and O–H groups in total. The van der Waals surface area contributed by atoms with E-state index in [0.717, 1.165) is 25.9 Å². The first-order valence-electron chi connectivity index (χ1n) is 6.53. The minimum absolute atomic E-state index is 0.0738. The Balaban J connectivity index is 1.84. The Bertz CT molecular complexity index is 379. The molecule has 2 aliphatic rings. The average Bonchev–Trinajstić information content (AvgIpc) is 2.41. The van der Waals surface area contributed by atoms with Crippen molar-refractivity contribution in [2.75, 3.05) is 26.2 Å². The summed E-state index contributed by atoms with van der Waals surface area (Å²) in [5, 5.41) is 5.41. The maximum Gasteiger partial charge on any atom is 0.249 e. The van der Waals surface area contributed by atoms with Crippen LogP contribution < -0.4 is 10.6 Å². The van der Waals surface area contributed by atoms with Crippen LogP contribution in [0.5, 0.6) is 0 Å². The van der Waals surface area contributed by atoms with Crippen LogP contribution in [0.3, 0.4) is 0 Å². The van der Waals surface area contributed by atoms with Gasteiger partial charge in [-0.1, -0.05) is 0 Å². The van der Waals surface area contributed by atoms with E-state index < -0.39 is 17.9 Å². The smallest absolute Gasteiger partial charge is 0.249 e. The van der Waals surface area contributed by atoms with E-state index >= 15 is 0 Å². The molecule has 2 rings (SSSR count). The number of nitrogens with zero attached hydrogens (tertiary/aromatic N) is 1. The highest BCUT2D eigenvalue weighted by atomic mass is 16.5. The Morgan fingerprint density at radius 2 is 2.05 bits per heavy atom. The van der Waals surface area contributed by atoms with E-state index in [4.69, 9.17) is 4.74 Å². The molecule has 0 bridgehead atoms. The van der Waals surface area contributed by atoms with Crippen molar-refractivity contribution in [3.63, 3.8) is 0 Å². The highest BCUT2D eigenvalue weighted by molar-refractivity contribution is 6.04. The number of carbonyl (C=O) groups is 3. The van der Waals surface area contributed by atoms with Crippen LogP contribution in [0.15, 0.2) is 0 Å². The van der Waals surface area contributed by atoms with E-state index in [0.29, 0.717) is 0 Å². The van der Waals surface area contributed by atoms with Crippen LogP contribution in [0.4, 0.5) is 0 Å². The number of piperidine rings is 1. The highest BCUT2D eigenvalue weighted by Gasteiger charge is 2.33. The van der Waals surface area contributed by atoms with E-state index in [1.807, 2.05) is 0 Å². The van der Waals surface area contributed by atoms with Gasteiger partial charge in [0.05, 0.1) is 6.10 Å². The molecule has 2 saturated heterocycles. The van der Waals surface area contributed by atoms with Crippen LogP contribution in [0, 0.1) is 0 Å². The van der Waals surface area contributed by atoms with Crippen molar-refractivity contribution in [3.05, 3.63) is 0 Å². The number of hydrogen-bond acceptors (Lipinski definition) is 5. The first-order chi connectivity index (χ1) is 9.08. The lowest BCUT2D eigenvalue weighted by molar-refractivity contribution is -0.153. The Hall–Kier alpha value is -1.47. The van der Waals surface area contributed by atoms with Gasteiger partial charge >= 0.3 is 0 Å². The lowest BCUT2D eigenvalue weighted by Gasteiger charge is -2.32. The predicted molar refractivity (Wildman–Crippen MR) is 66.2 cm³/mol. The molecule has 0 aliphatic carbocycles. The number of rotatable bonds is 3. The van der Waals surface area contributed by atoms with E-state index in [1.165, 1.54) is 4.90 Å². The number of hydrogen-bond donors (Lipinski definition) is 2. The third kappa shape index (κ3) is 3.51. The van der Waals surface area contributed by atoms with Gasteiger partial charge in [-0.15, -0.1) is 0 Å². The van der Waals surface area contributed by atoms with Crippen molar-refractivity contribution in [1.82, 2.24) is 15.5 Å². The Kier molecular flexibility index (Phi) is 4.49. The molecular formula is C12H19N3O4. The number of ether oxygens (including phenoxy) is 1. The normalized spacial score (nSPS) is 25.3. The molecule has 19 heavy (non-hydrogen) atoms. The summed E-state index contributed by atoms with van der Waals surface area (Å²) in [6.07, 6.45) is 1.83. The van der Waals surface area contributed by atoms with E-state index in [2.05, 4.69) is 10.6 Å². The fourth-order valence-corrected chi connectivity index (χ4v) is 2.25. The fourth-order valence-electron chi connectivity index (χ4n) is 2.25. The van der Waals surface area contributed by atoms with Gasteiger partial charge < -0.3 is 15.0 Å². The van der Waals surface area contributed by atoms with Crippen molar-refractivity contribution in [1.29, 1.82) is 0 Å². The van der Waals surface area contributed by atoms with Crippen molar-refractivity contribution in [2.24, 2.45) is 0 Å². The number of piperazine rings is 1. The van der Waals surface area contributed by atoms with Crippen LogP contribution in [0.1, 0.15) is 19.8 Å². The van der Waals surface area contributed by atoms with E-state index in [-0.39, 0.29) is 25.2 Å². The number of carbonyl (C=O) groups excluding carboxylic acids is 3. The van der Waals surface area contributed by atoms with Crippen molar-refractivity contribution >= 4 is 17.7 Å².